The molecule has 0 aromatic carbocycles. The highest BCUT2D eigenvalue weighted by atomic mass is 32.2. The fraction of sp³-hybridized carbons (Fsp3) is 0.524. The highest BCUT2D eigenvalue weighted by Crippen LogP contribution is 2.26. The highest BCUT2D eigenvalue weighted by molar-refractivity contribution is 7.98. The van der Waals surface area contributed by atoms with Crippen molar-refractivity contribution in [2.75, 3.05) is 24.8 Å². The summed E-state index contributed by atoms with van der Waals surface area (Å²) < 4.78 is 26.4. The van der Waals surface area contributed by atoms with Crippen LogP contribution in [-0.2, 0) is 42.9 Å². The van der Waals surface area contributed by atoms with Crippen molar-refractivity contribution >= 4 is 47.5 Å². The van der Waals surface area contributed by atoms with Gasteiger partial charge in [-0.25, -0.2) is 9.78 Å². The third-order valence-corrected chi connectivity index (χ3v) is 5.01. The number of hydrogen-bond donors (Lipinski definition) is 2. The second-order valence-corrected chi connectivity index (χ2v) is 7.91. The molecule has 14 heteroatoms. The SMILES string of the molecule is CCOC(=O)/C=C/c1c(N[C@@H]2OC[C@@H](OC(C)=O)[C@H](OC(C)=O)[C@H]2OC(C)=O)nc(SC)[nH]c1=O. The first-order valence-electron chi connectivity index (χ1n) is 10.5. The molecule has 2 N–H and O–H groups in total. The van der Waals surface area contributed by atoms with Gasteiger partial charge in [-0.2, -0.15) is 0 Å². The zero-order valence-electron chi connectivity index (χ0n) is 19.8. The van der Waals surface area contributed by atoms with Crippen molar-refractivity contribution in [1.29, 1.82) is 0 Å². The predicted molar refractivity (Wildman–Crippen MR) is 122 cm³/mol. The van der Waals surface area contributed by atoms with Gasteiger partial charge in [-0.05, 0) is 19.3 Å². The number of carbonyl (C=O) groups excluding carboxylic acids is 4. The van der Waals surface area contributed by atoms with E-state index in [-0.39, 0.29) is 29.8 Å². The van der Waals surface area contributed by atoms with Gasteiger partial charge in [0.05, 0.1) is 18.8 Å². The standard InChI is InChI=1S/C21H27N3O10S/c1-6-30-15(28)8-7-13-18(23-21(35-5)24-19(13)29)22-20-17(34-12(4)27)16(33-11(3)26)14(9-31-20)32-10(2)25/h7-8,14,16-17,20H,6,9H2,1-5H3,(H2,22,23,24,29)/b8-7+/t14-,16+,17-,20-/m1/s1. The molecule has 1 aromatic rings. The summed E-state index contributed by atoms with van der Waals surface area (Å²) in [6.45, 7) is 5.02. The fourth-order valence-electron chi connectivity index (χ4n) is 3.16. The van der Waals surface area contributed by atoms with Crippen LogP contribution < -0.4 is 10.9 Å². The molecule has 13 nitrogen and oxygen atoms in total. The van der Waals surface area contributed by atoms with E-state index in [2.05, 4.69) is 15.3 Å². The van der Waals surface area contributed by atoms with Crippen LogP contribution in [0.5, 0.6) is 0 Å². The average molecular weight is 514 g/mol. The zero-order chi connectivity index (χ0) is 26.1. The molecule has 2 heterocycles. The lowest BCUT2D eigenvalue weighted by atomic mass is 10.0. The number of nitrogens with zero attached hydrogens (tertiary/aromatic N) is 1. The quantitative estimate of drug-likeness (QED) is 0.155. The molecule has 2 rings (SSSR count). The number of rotatable bonds is 9. The van der Waals surface area contributed by atoms with E-state index in [9.17, 15) is 24.0 Å². The topological polar surface area (TPSA) is 172 Å². The number of ether oxygens (including phenoxy) is 5. The van der Waals surface area contributed by atoms with E-state index in [0.717, 1.165) is 31.7 Å². The molecule has 1 aromatic heterocycles. The van der Waals surface area contributed by atoms with E-state index < -0.39 is 54.0 Å². The molecular formula is C21H27N3O10S. The number of H-pyrrole nitrogens is 1. The number of thioether (sulfide) groups is 1. The van der Waals surface area contributed by atoms with E-state index in [1.54, 1.807) is 13.2 Å². The molecule has 0 spiro atoms. The van der Waals surface area contributed by atoms with Crippen molar-refractivity contribution in [3.05, 3.63) is 22.0 Å². The van der Waals surface area contributed by atoms with Crippen molar-refractivity contribution in [2.24, 2.45) is 0 Å². The van der Waals surface area contributed by atoms with Gasteiger partial charge in [0.15, 0.2) is 29.7 Å². The number of aromatic amines is 1. The first-order chi connectivity index (χ1) is 16.5. The van der Waals surface area contributed by atoms with Crippen LogP contribution in [0.4, 0.5) is 5.82 Å². The van der Waals surface area contributed by atoms with Crippen molar-refractivity contribution in [2.45, 2.75) is 57.4 Å². The van der Waals surface area contributed by atoms with Crippen molar-refractivity contribution in [1.82, 2.24) is 9.97 Å². The second kappa shape index (κ2) is 12.9. The lowest BCUT2D eigenvalue weighted by molar-refractivity contribution is -0.221. The highest BCUT2D eigenvalue weighted by Gasteiger charge is 2.47. The Morgan fingerprint density at radius 1 is 1.11 bits per heavy atom. The summed E-state index contributed by atoms with van der Waals surface area (Å²) in [6.07, 6.45) is -0.767. The van der Waals surface area contributed by atoms with Gasteiger partial charge in [-0.15, -0.1) is 0 Å². The van der Waals surface area contributed by atoms with Crippen LogP contribution in [0, 0.1) is 0 Å². The number of carbonyl (C=O) groups is 4. The maximum absolute atomic E-state index is 12.7. The van der Waals surface area contributed by atoms with Crippen LogP contribution in [0.2, 0.25) is 0 Å². The van der Waals surface area contributed by atoms with E-state index in [1.165, 1.54) is 13.0 Å². The monoisotopic (exact) mass is 513 g/mol. The third kappa shape index (κ3) is 8.10. The van der Waals surface area contributed by atoms with Crippen LogP contribution >= 0.6 is 11.8 Å². The Labute approximate surface area is 204 Å². The summed E-state index contributed by atoms with van der Waals surface area (Å²) >= 11 is 1.15. The summed E-state index contributed by atoms with van der Waals surface area (Å²) in [6, 6.07) is 0. The maximum Gasteiger partial charge on any atom is 0.330 e. The minimum atomic E-state index is -1.28. The number of nitrogens with one attached hydrogen (secondary N) is 2. The Bertz CT molecular complexity index is 1040. The summed E-state index contributed by atoms with van der Waals surface area (Å²) in [4.78, 5) is 66.4. The van der Waals surface area contributed by atoms with Gasteiger partial charge < -0.3 is 34.0 Å². The van der Waals surface area contributed by atoms with Gasteiger partial charge in [0.25, 0.3) is 5.56 Å². The maximum atomic E-state index is 12.7. The molecule has 0 saturated carbocycles. The summed E-state index contributed by atoms with van der Waals surface area (Å²) in [5.41, 5.74) is -0.603. The van der Waals surface area contributed by atoms with Crippen LogP contribution in [0.3, 0.4) is 0 Å². The molecule has 1 aliphatic heterocycles. The van der Waals surface area contributed by atoms with E-state index in [0.29, 0.717) is 0 Å². The molecule has 192 valence electrons. The smallest absolute Gasteiger partial charge is 0.330 e. The number of hydrogen-bond acceptors (Lipinski definition) is 13. The Morgan fingerprint density at radius 2 is 1.74 bits per heavy atom. The van der Waals surface area contributed by atoms with Crippen molar-refractivity contribution in [3.8, 4) is 0 Å². The first kappa shape index (κ1) is 27.9. The Kier molecular flexibility index (Phi) is 10.3. The lowest BCUT2D eigenvalue weighted by Crippen LogP contribution is -2.59. The van der Waals surface area contributed by atoms with E-state index in [1.807, 2.05) is 0 Å². The van der Waals surface area contributed by atoms with Crippen LogP contribution in [0.25, 0.3) is 6.08 Å². The number of esters is 4. The van der Waals surface area contributed by atoms with Gasteiger partial charge in [-0.1, -0.05) is 11.8 Å². The second-order valence-electron chi connectivity index (χ2n) is 7.12. The molecule has 0 aliphatic carbocycles. The normalized spacial score (nSPS) is 21.7. The average Bonchev–Trinajstić information content (AvgIpc) is 2.76. The van der Waals surface area contributed by atoms with Crippen LogP contribution in [-0.4, -0.2) is 77.9 Å². The molecular weight excluding hydrogens is 486 g/mol. The Hall–Kier alpha value is -3.39. The lowest BCUT2D eigenvalue weighted by Gasteiger charge is -2.40. The minimum Gasteiger partial charge on any atom is -0.463 e. The van der Waals surface area contributed by atoms with Crippen LogP contribution in [0.1, 0.15) is 33.3 Å². The van der Waals surface area contributed by atoms with Gasteiger partial charge >= 0.3 is 23.9 Å². The van der Waals surface area contributed by atoms with Gasteiger partial charge in [0.1, 0.15) is 5.82 Å². The molecule has 0 amide bonds. The van der Waals surface area contributed by atoms with Gasteiger partial charge in [-0.3, -0.25) is 19.2 Å². The Balaban J connectivity index is 2.48. The van der Waals surface area contributed by atoms with Crippen molar-refractivity contribution in [3.63, 3.8) is 0 Å². The molecule has 35 heavy (non-hydrogen) atoms. The van der Waals surface area contributed by atoms with Crippen LogP contribution in [0.15, 0.2) is 16.0 Å². The summed E-state index contributed by atoms with van der Waals surface area (Å²) in [5.74, 6) is -2.76. The molecule has 1 fully saturated rings. The molecule has 0 bridgehead atoms. The van der Waals surface area contributed by atoms with Gasteiger partial charge in [0.2, 0.25) is 0 Å². The van der Waals surface area contributed by atoms with Gasteiger partial charge in [0, 0.05) is 26.8 Å². The summed E-state index contributed by atoms with van der Waals surface area (Å²) in [7, 11) is 0. The van der Waals surface area contributed by atoms with E-state index >= 15 is 0 Å². The minimum absolute atomic E-state index is 0.00619. The van der Waals surface area contributed by atoms with E-state index in [4.69, 9.17) is 23.7 Å². The molecule has 1 saturated heterocycles. The van der Waals surface area contributed by atoms with Crippen molar-refractivity contribution < 1.29 is 42.9 Å². The Morgan fingerprint density at radius 3 is 2.31 bits per heavy atom. The first-order valence-corrected chi connectivity index (χ1v) is 11.7. The third-order valence-electron chi connectivity index (χ3n) is 4.43. The largest absolute Gasteiger partial charge is 0.463 e. The fourth-order valence-corrected chi connectivity index (χ4v) is 3.54. The summed E-state index contributed by atoms with van der Waals surface area (Å²) in [5, 5.41) is 3.12. The molecule has 0 unspecified atom stereocenters. The molecule has 4 atom stereocenters. The predicted octanol–water partition coefficient (Wildman–Crippen LogP) is 0.631. The number of anilines is 1. The number of aromatic nitrogens is 2. The molecule has 1 aliphatic rings. The molecule has 0 radical (unpaired) electrons. The zero-order valence-corrected chi connectivity index (χ0v) is 20.6.